The molecule has 0 spiro atoms. The van der Waals surface area contributed by atoms with Crippen LogP contribution in [0.3, 0.4) is 0 Å². The number of anilines is 2. The maximum Gasteiger partial charge on any atom is 0.411 e. The van der Waals surface area contributed by atoms with Gasteiger partial charge < -0.3 is 38.3 Å². The highest BCUT2D eigenvalue weighted by Gasteiger charge is 2.18. The minimum absolute atomic E-state index is 0.139. The summed E-state index contributed by atoms with van der Waals surface area (Å²) in [5.74, 6) is 0.477. The van der Waals surface area contributed by atoms with E-state index in [1.807, 2.05) is 152 Å². The van der Waals surface area contributed by atoms with Crippen LogP contribution in [0.5, 0.6) is 11.5 Å². The first-order chi connectivity index (χ1) is 44.6. The number of carbonyl (C=O) groups excluding carboxylic acids is 2. The Kier molecular flexibility index (Phi) is 22.3. The molecule has 0 radical (unpaired) electrons. The first-order valence-corrected chi connectivity index (χ1v) is 30.6. The zero-order valence-corrected chi connectivity index (χ0v) is 54.4. The number of halogens is 4. The van der Waals surface area contributed by atoms with Crippen molar-refractivity contribution >= 4 is 106 Å². The van der Waals surface area contributed by atoms with Crippen molar-refractivity contribution in [2.45, 2.75) is 40.8 Å². The van der Waals surface area contributed by atoms with Crippen LogP contribution in [0.15, 0.2) is 182 Å². The van der Waals surface area contributed by atoms with E-state index in [0.29, 0.717) is 85.7 Å². The molecule has 10 aromatic rings. The van der Waals surface area contributed by atoms with E-state index in [1.54, 1.807) is 106 Å². The highest BCUT2D eigenvalue weighted by molar-refractivity contribution is 6.37. The average molecular weight is 1330 g/mol. The molecule has 0 unspecified atom stereocenters. The van der Waals surface area contributed by atoms with Crippen molar-refractivity contribution in [2.24, 2.45) is 5.41 Å². The van der Waals surface area contributed by atoms with Crippen LogP contribution in [-0.2, 0) is 22.6 Å². The number of rotatable bonds is 20. The number of aromatic carboxylic acids is 2. The number of nitrogens with one attached hydrogen (secondary N) is 2. The third kappa shape index (κ3) is 18.3. The molecule has 0 saturated carbocycles. The van der Waals surface area contributed by atoms with Crippen molar-refractivity contribution in [3.63, 3.8) is 0 Å². The molecule has 0 aliphatic rings. The molecule has 2 amide bonds. The smallest absolute Gasteiger partial charge is 0.411 e. The summed E-state index contributed by atoms with van der Waals surface area (Å²) < 4.78 is 25.3. The van der Waals surface area contributed by atoms with E-state index in [4.69, 9.17) is 75.3 Å². The Bertz CT molecular complexity index is 4390. The van der Waals surface area contributed by atoms with Crippen LogP contribution >= 0.6 is 46.4 Å². The Hall–Kier alpha value is -10.1. The maximum absolute atomic E-state index is 12.3. The summed E-state index contributed by atoms with van der Waals surface area (Å²) in [4.78, 5) is 56.5. The number of imidazole rings is 2. The molecule has 0 fully saturated rings. The predicted molar refractivity (Wildman–Crippen MR) is 370 cm³/mol. The van der Waals surface area contributed by atoms with Gasteiger partial charge in [-0.15, -0.1) is 0 Å². The summed E-state index contributed by atoms with van der Waals surface area (Å²) in [6.45, 7) is 9.23. The van der Waals surface area contributed by atoms with Gasteiger partial charge in [0.05, 0.1) is 71.4 Å². The lowest BCUT2D eigenvalue weighted by molar-refractivity contribution is 0.0686. The monoisotopic (exact) mass is 1320 g/mol. The lowest BCUT2D eigenvalue weighted by Crippen LogP contribution is -2.22. The summed E-state index contributed by atoms with van der Waals surface area (Å²) in [5.41, 5.74) is 11.8. The summed E-state index contributed by atoms with van der Waals surface area (Å²) in [6, 6.07) is 51.2. The fourth-order valence-electron chi connectivity index (χ4n) is 9.50. The second kappa shape index (κ2) is 30.8. The van der Waals surface area contributed by atoms with Gasteiger partial charge in [-0.2, -0.15) is 0 Å². The Labute approximate surface area is 558 Å². The van der Waals surface area contributed by atoms with Crippen molar-refractivity contribution in [1.29, 1.82) is 0 Å². The van der Waals surface area contributed by atoms with Gasteiger partial charge in [0.15, 0.2) is 0 Å². The molecule has 20 heteroatoms. The molecule has 10 rings (SSSR count). The molecule has 0 saturated heterocycles. The Balaban J connectivity index is 0.000000220. The van der Waals surface area contributed by atoms with Crippen LogP contribution in [0.2, 0.25) is 20.1 Å². The third-order valence-electron chi connectivity index (χ3n) is 14.3. The Morgan fingerprint density at radius 3 is 1.24 bits per heavy atom. The van der Waals surface area contributed by atoms with Gasteiger partial charge in [-0.05, 0) is 154 Å². The van der Waals surface area contributed by atoms with Gasteiger partial charge in [0.2, 0.25) is 0 Å². The van der Waals surface area contributed by atoms with Crippen LogP contribution in [0, 0.1) is 5.41 Å². The normalized spacial score (nSPS) is 11.2. The number of hydrogen-bond donors (Lipinski definition) is 4. The first kappa shape index (κ1) is 67.3. The quantitative estimate of drug-likeness (QED) is 0.0563. The van der Waals surface area contributed by atoms with E-state index in [1.165, 1.54) is 0 Å². The van der Waals surface area contributed by atoms with Crippen LogP contribution in [0.4, 0.5) is 21.0 Å². The zero-order chi connectivity index (χ0) is 66.3. The third-order valence-corrected chi connectivity index (χ3v) is 15.4. The van der Waals surface area contributed by atoms with Crippen molar-refractivity contribution in [3.05, 3.63) is 247 Å². The van der Waals surface area contributed by atoms with Crippen LogP contribution in [-0.4, -0.2) is 80.9 Å². The van der Waals surface area contributed by atoms with Gasteiger partial charge in [0, 0.05) is 46.7 Å². The number of carbonyl (C=O) groups is 4. The topological polar surface area (TPSA) is 205 Å². The van der Waals surface area contributed by atoms with Gasteiger partial charge >= 0.3 is 24.1 Å². The molecule has 0 aliphatic carbocycles. The second-order valence-corrected chi connectivity index (χ2v) is 24.0. The van der Waals surface area contributed by atoms with E-state index in [-0.39, 0.29) is 23.1 Å². The number of nitrogens with zero attached hydrogens (tertiary/aromatic N) is 4. The minimum Gasteiger partial charge on any atom is -0.495 e. The van der Waals surface area contributed by atoms with Crippen LogP contribution < -0.4 is 20.1 Å². The molecule has 474 valence electrons. The van der Waals surface area contributed by atoms with Crippen molar-refractivity contribution in [2.75, 3.05) is 38.1 Å². The summed E-state index contributed by atoms with van der Waals surface area (Å²) >= 11 is 25.2. The van der Waals surface area contributed by atoms with Crippen LogP contribution in [0.1, 0.15) is 82.3 Å². The van der Waals surface area contributed by atoms with Gasteiger partial charge in [-0.1, -0.05) is 164 Å². The Morgan fingerprint density at radius 2 is 0.882 bits per heavy atom. The number of carboxylic acids is 2. The largest absolute Gasteiger partial charge is 0.495 e. The van der Waals surface area contributed by atoms with Crippen LogP contribution in [0.25, 0.3) is 69.1 Å². The number of ether oxygens (including phenoxy) is 4. The summed E-state index contributed by atoms with van der Waals surface area (Å²) in [6.07, 6.45) is 10.5. The molecule has 0 bridgehead atoms. The summed E-state index contributed by atoms with van der Waals surface area (Å²) in [7, 11) is 3.10. The average Bonchev–Trinajstić information content (AvgIpc) is 1.79. The van der Waals surface area contributed by atoms with Gasteiger partial charge in [0.1, 0.15) is 23.1 Å². The van der Waals surface area contributed by atoms with Crippen molar-refractivity contribution in [3.8, 4) is 56.3 Å². The molecular weight excluding hydrogens is 1260 g/mol. The molecule has 16 nitrogen and oxygen atoms in total. The van der Waals surface area contributed by atoms with E-state index < -0.39 is 24.1 Å². The molecule has 93 heavy (non-hydrogen) atoms. The maximum atomic E-state index is 12.3. The zero-order valence-electron chi connectivity index (χ0n) is 51.4. The molecule has 0 atom stereocenters. The highest BCUT2D eigenvalue weighted by Crippen LogP contribution is 2.36. The summed E-state index contributed by atoms with van der Waals surface area (Å²) in [5, 5.41) is 26.0. The SMILES string of the molecule is CCOC(=O)Nc1ccc(-c2ccc(/C=C/c3nc(-c4ccc(Cl)cc4Cl)cn3Cc3ccc(C(=O)O)cc3)cc2)cc1OC.COc1cc(-c2ccc(/C=C/c3nc(-c4ccc(Cl)cc4Cl)cn3Cc3ccc(C(=O)O)cc3)cc2)ccc1NC(=O)OCC(C)(C)C. The molecule has 4 N–H and O–H groups in total. The number of aromatic nitrogens is 4. The van der Waals surface area contributed by atoms with Crippen molar-refractivity contribution in [1.82, 2.24) is 19.1 Å². The van der Waals surface area contributed by atoms with Gasteiger partial charge in [-0.3, -0.25) is 10.6 Å². The second-order valence-electron chi connectivity index (χ2n) is 22.3. The van der Waals surface area contributed by atoms with Gasteiger partial charge in [-0.25, -0.2) is 29.1 Å². The van der Waals surface area contributed by atoms with Crippen molar-refractivity contribution < 1.29 is 48.3 Å². The molecule has 2 heterocycles. The Morgan fingerprint density at radius 1 is 0.495 bits per heavy atom. The standard InChI is InChI=1S/C38H35Cl2N3O5.C35H29Cl2N3O5/c1-38(2,3)23-48-37(46)42-32-17-14-28(19-34(32)47-4)26-10-5-24(6-11-26)9-18-35-41-33(30-16-15-29(39)20-31(30)40)22-43(35)21-25-7-12-27(13-8-25)36(44)45;1-3-45-35(43)39-30-16-13-26(18-32(30)44-2)24-9-4-22(5-10-24)8-17-33-38-31(28-15-14-27(36)19-29(28)37)21-40(33)20-23-6-11-25(12-7-23)34(41)42/h5-20,22H,21,23H2,1-4H3,(H,42,46)(H,44,45);4-19,21H,3,20H2,1-2H3,(H,39,43)(H,41,42)/b18-9+;17-8+. The molecule has 8 aromatic carbocycles. The van der Waals surface area contributed by atoms with E-state index in [2.05, 4.69) is 10.6 Å². The molecule has 0 aliphatic heterocycles. The van der Waals surface area contributed by atoms with Gasteiger partial charge in [0.25, 0.3) is 0 Å². The fraction of sp³-hybridized carbons (Fsp3) is 0.151. The van der Waals surface area contributed by atoms with E-state index in [0.717, 1.165) is 55.6 Å². The van der Waals surface area contributed by atoms with E-state index in [9.17, 15) is 29.4 Å². The number of amides is 2. The number of methoxy groups -OCH3 is 2. The number of carboxylic acid groups (broad SMARTS) is 2. The fourth-order valence-corrected chi connectivity index (χ4v) is 10.5. The first-order valence-electron chi connectivity index (χ1n) is 29.1. The highest BCUT2D eigenvalue weighted by atomic mass is 35.5. The van der Waals surface area contributed by atoms with E-state index >= 15 is 0 Å². The molecular formula is C73H64Cl4N6O10. The predicted octanol–water partition coefficient (Wildman–Crippen LogP) is 19.1. The molecule has 2 aromatic heterocycles. The minimum atomic E-state index is -0.972. The lowest BCUT2D eigenvalue weighted by Gasteiger charge is -2.18. The number of benzene rings is 8. The lowest BCUT2D eigenvalue weighted by atomic mass is 9.99. The number of hydrogen-bond acceptors (Lipinski definition) is 10.